The van der Waals surface area contributed by atoms with E-state index in [1.54, 1.807) is 6.07 Å². The maximum Gasteiger partial charge on any atom is 0.309 e. The Morgan fingerprint density at radius 3 is 2.53 bits per heavy atom. The van der Waals surface area contributed by atoms with Crippen LogP contribution in [0, 0.1) is 6.92 Å². The number of ether oxygens (including phenoxy) is 2. The Morgan fingerprint density at radius 1 is 1.37 bits per heavy atom. The molecule has 0 fully saturated rings. The maximum absolute atomic E-state index is 11.5. The van der Waals surface area contributed by atoms with Crippen LogP contribution in [0.15, 0.2) is 16.6 Å². The third kappa shape index (κ3) is 5.83. The first-order valence-corrected chi connectivity index (χ1v) is 7.16. The summed E-state index contributed by atoms with van der Waals surface area (Å²) in [5.74, 6) is 0.326. The third-order valence-corrected chi connectivity index (χ3v) is 2.91. The van der Waals surface area contributed by atoms with Crippen molar-refractivity contribution in [3.8, 4) is 5.75 Å². The minimum absolute atomic E-state index is 0.198. The quantitative estimate of drug-likeness (QED) is 0.750. The second-order valence-electron chi connectivity index (χ2n) is 5.22. The minimum atomic E-state index is -0.470. The molecule has 0 aliphatic rings. The van der Waals surface area contributed by atoms with Crippen LogP contribution in [-0.2, 0) is 9.53 Å². The third-order valence-electron chi connectivity index (χ3n) is 2.17. The molecular weight excluding hydrogens is 332 g/mol. The van der Waals surface area contributed by atoms with Crippen molar-refractivity contribution in [2.24, 2.45) is 0 Å². The van der Waals surface area contributed by atoms with Crippen LogP contribution in [0.4, 0.5) is 0 Å². The van der Waals surface area contributed by atoms with Gasteiger partial charge in [-0.25, -0.2) is 0 Å². The molecule has 0 atom stereocenters. The molecule has 0 spiro atoms. The highest BCUT2D eigenvalue weighted by Crippen LogP contribution is 2.32. The molecule has 0 aliphatic carbocycles. The molecule has 1 aromatic rings. The number of hydrogen-bond donors (Lipinski definition) is 0. The van der Waals surface area contributed by atoms with Crippen LogP contribution in [-0.4, -0.2) is 18.2 Å². The van der Waals surface area contributed by atoms with Gasteiger partial charge in [0.15, 0.2) is 0 Å². The molecule has 19 heavy (non-hydrogen) atoms. The van der Waals surface area contributed by atoms with Gasteiger partial charge in [0.2, 0.25) is 0 Å². The molecule has 1 aromatic carbocycles. The fourth-order valence-corrected chi connectivity index (χ4v) is 2.53. The van der Waals surface area contributed by atoms with Crippen molar-refractivity contribution in [1.29, 1.82) is 0 Å². The first-order chi connectivity index (χ1) is 8.69. The van der Waals surface area contributed by atoms with Gasteiger partial charge in [-0.3, -0.25) is 4.79 Å². The molecule has 0 bridgehead atoms. The average molecular weight is 350 g/mol. The molecule has 106 valence electrons. The molecule has 0 N–H and O–H groups in total. The lowest BCUT2D eigenvalue weighted by Crippen LogP contribution is -2.24. The van der Waals surface area contributed by atoms with Gasteiger partial charge in [0.1, 0.15) is 11.4 Å². The summed E-state index contributed by atoms with van der Waals surface area (Å²) in [6, 6.07) is 3.67. The average Bonchev–Trinajstić information content (AvgIpc) is 2.19. The standard InChI is InChI=1S/C14H18BrClO3/c1-9-7-10(15)8-11(16)13(9)18-6-5-12(17)19-14(2,3)4/h7-8H,5-6H2,1-4H3. The summed E-state index contributed by atoms with van der Waals surface area (Å²) in [5, 5.41) is 0.524. The Bertz CT molecular complexity index is 443. The predicted octanol–water partition coefficient (Wildman–Crippen LogP) is 4.52. The van der Waals surface area contributed by atoms with Gasteiger partial charge in [0.05, 0.1) is 18.1 Å². The number of halogens is 2. The van der Waals surface area contributed by atoms with Crippen LogP contribution in [0.1, 0.15) is 32.8 Å². The first-order valence-electron chi connectivity index (χ1n) is 5.99. The van der Waals surface area contributed by atoms with E-state index in [0.717, 1.165) is 10.0 Å². The van der Waals surface area contributed by atoms with Crippen molar-refractivity contribution in [3.05, 3.63) is 27.2 Å². The first kappa shape index (κ1) is 16.3. The summed E-state index contributed by atoms with van der Waals surface area (Å²) >= 11 is 9.44. The van der Waals surface area contributed by atoms with Crippen LogP contribution >= 0.6 is 27.5 Å². The summed E-state index contributed by atoms with van der Waals surface area (Å²) < 4.78 is 11.6. The van der Waals surface area contributed by atoms with Gasteiger partial charge >= 0.3 is 5.97 Å². The largest absolute Gasteiger partial charge is 0.491 e. The lowest BCUT2D eigenvalue weighted by molar-refractivity contribution is -0.155. The van der Waals surface area contributed by atoms with Crippen molar-refractivity contribution >= 4 is 33.5 Å². The monoisotopic (exact) mass is 348 g/mol. The molecule has 0 aromatic heterocycles. The summed E-state index contributed by atoms with van der Waals surface area (Å²) in [4.78, 5) is 11.5. The fourth-order valence-electron chi connectivity index (χ4n) is 1.50. The lowest BCUT2D eigenvalue weighted by Gasteiger charge is -2.19. The Kier molecular flexibility index (Phi) is 5.68. The van der Waals surface area contributed by atoms with E-state index in [9.17, 15) is 4.79 Å². The van der Waals surface area contributed by atoms with Gasteiger partial charge < -0.3 is 9.47 Å². The normalized spacial score (nSPS) is 11.3. The minimum Gasteiger partial charge on any atom is -0.491 e. The molecule has 0 unspecified atom stereocenters. The number of carbonyl (C=O) groups is 1. The van der Waals surface area contributed by atoms with E-state index in [1.807, 2.05) is 33.8 Å². The molecule has 3 nitrogen and oxygen atoms in total. The van der Waals surface area contributed by atoms with Gasteiger partial charge in [0.25, 0.3) is 0 Å². The van der Waals surface area contributed by atoms with E-state index in [0.29, 0.717) is 10.8 Å². The van der Waals surface area contributed by atoms with E-state index in [4.69, 9.17) is 21.1 Å². The zero-order chi connectivity index (χ0) is 14.6. The van der Waals surface area contributed by atoms with E-state index in [-0.39, 0.29) is 19.0 Å². The zero-order valence-corrected chi connectivity index (χ0v) is 13.9. The van der Waals surface area contributed by atoms with Crippen molar-refractivity contribution < 1.29 is 14.3 Å². The highest BCUT2D eigenvalue weighted by molar-refractivity contribution is 9.10. The Morgan fingerprint density at radius 2 is 2.00 bits per heavy atom. The van der Waals surface area contributed by atoms with Crippen LogP contribution in [0.3, 0.4) is 0 Å². The van der Waals surface area contributed by atoms with Crippen LogP contribution in [0.5, 0.6) is 5.75 Å². The number of aryl methyl sites for hydroxylation is 1. The van der Waals surface area contributed by atoms with Gasteiger partial charge in [-0.1, -0.05) is 27.5 Å². The number of rotatable bonds is 4. The molecule has 0 amide bonds. The Balaban J connectivity index is 2.52. The molecule has 1 rings (SSSR count). The zero-order valence-electron chi connectivity index (χ0n) is 11.5. The molecule has 5 heteroatoms. The van der Waals surface area contributed by atoms with Crippen molar-refractivity contribution in [1.82, 2.24) is 0 Å². The van der Waals surface area contributed by atoms with E-state index >= 15 is 0 Å². The second kappa shape index (κ2) is 6.62. The Hall–Kier alpha value is -0.740. The van der Waals surface area contributed by atoms with Crippen LogP contribution in [0.2, 0.25) is 5.02 Å². The lowest BCUT2D eigenvalue weighted by atomic mass is 10.2. The number of hydrogen-bond acceptors (Lipinski definition) is 3. The van der Waals surface area contributed by atoms with E-state index in [2.05, 4.69) is 15.9 Å². The van der Waals surface area contributed by atoms with Crippen LogP contribution < -0.4 is 4.74 Å². The number of benzene rings is 1. The highest BCUT2D eigenvalue weighted by Gasteiger charge is 2.16. The van der Waals surface area contributed by atoms with E-state index in [1.165, 1.54) is 0 Å². The van der Waals surface area contributed by atoms with Gasteiger partial charge in [-0.2, -0.15) is 0 Å². The van der Waals surface area contributed by atoms with E-state index < -0.39 is 5.60 Å². The molecule has 0 saturated heterocycles. The summed E-state index contributed by atoms with van der Waals surface area (Å²) in [7, 11) is 0. The molecule has 0 heterocycles. The van der Waals surface area contributed by atoms with Gasteiger partial charge in [-0.15, -0.1) is 0 Å². The topological polar surface area (TPSA) is 35.5 Å². The Labute approximate surface area is 127 Å². The SMILES string of the molecule is Cc1cc(Br)cc(Cl)c1OCCC(=O)OC(C)(C)C. The fraction of sp³-hybridized carbons (Fsp3) is 0.500. The maximum atomic E-state index is 11.5. The molecule has 0 saturated carbocycles. The predicted molar refractivity (Wildman–Crippen MR) is 79.8 cm³/mol. The van der Waals surface area contributed by atoms with Crippen molar-refractivity contribution in [2.75, 3.05) is 6.61 Å². The highest BCUT2D eigenvalue weighted by atomic mass is 79.9. The summed E-state index contributed by atoms with van der Waals surface area (Å²) in [5.41, 5.74) is 0.450. The van der Waals surface area contributed by atoms with Gasteiger partial charge in [0, 0.05) is 4.47 Å². The second-order valence-corrected chi connectivity index (χ2v) is 6.54. The van der Waals surface area contributed by atoms with Crippen LogP contribution in [0.25, 0.3) is 0 Å². The molecule has 0 radical (unpaired) electrons. The van der Waals surface area contributed by atoms with Crippen molar-refractivity contribution in [2.45, 2.75) is 39.7 Å². The number of carbonyl (C=O) groups excluding carboxylic acids is 1. The summed E-state index contributed by atoms with van der Waals surface area (Å²) in [6.07, 6.45) is 0.198. The molecular formula is C14H18BrClO3. The molecule has 0 aliphatic heterocycles. The van der Waals surface area contributed by atoms with Crippen molar-refractivity contribution in [3.63, 3.8) is 0 Å². The number of esters is 1. The smallest absolute Gasteiger partial charge is 0.309 e. The van der Waals surface area contributed by atoms with Gasteiger partial charge in [-0.05, 0) is 45.4 Å². The summed E-state index contributed by atoms with van der Waals surface area (Å²) in [6.45, 7) is 7.65.